The number of nitriles is 1. The van der Waals surface area contributed by atoms with Gasteiger partial charge in [-0.25, -0.2) is 0 Å². The van der Waals surface area contributed by atoms with E-state index in [1.54, 1.807) is 37.3 Å². The molecule has 0 saturated carbocycles. The molecule has 1 amide bonds. The number of carbonyl (C=O) groups is 1. The monoisotopic (exact) mass is 323 g/mol. The van der Waals surface area contributed by atoms with Gasteiger partial charge in [-0.05, 0) is 17.7 Å². The van der Waals surface area contributed by atoms with E-state index in [1.165, 1.54) is 0 Å². The molecule has 2 aromatic carbocycles. The molecule has 24 heavy (non-hydrogen) atoms. The fraction of sp³-hybridized carbons (Fsp3) is 0.222. The second kappa shape index (κ2) is 6.50. The van der Waals surface area contributed by atoms with Crippen LogP contribution in [0.25, 0.3) is 0 Å². The molecule has 0 bridgehead atoms. The minimum atomic E-state index is -0.0286. The normalized spacial score (nSPS) is 12.9. The van der Waals surface area contributed by atoms with Crippen LogP contribution in [0, 0.1) is 11.3 Å². The standard InChI is InChI=1S/C18H17N3O3/c1-23-16-7-14-15(8-17(16)24-2)21(18(22)10-20-14)11-13-5-3-12(9-19)4-6-13/h3-8,20H,10-11H2,1-2H3. The topological polar surface area (TPSA) is 74.6 Å². The van der Waals surface area contributed by atoms with Crippen LogP contribution in [-0.2, 0) is 11.3 Å². The number of ether oxygens (including phenoxy) is 2. The van der Waals surface area contributed by atoms with Gasteiger partial charge in [-0.3, -0.25) is 4.79 Å². The fourth-order valence-corrected chi connectivity index (χ4v) is 2.67. The Morgan fingerprint density at radius 2 is 1.83 bits per heavy atom. The number of nitrogens with one attached hydrogen (secondary N) is 1. The SMILES string of the molecule is COc1cc2c(cc1OC)N(Cc1ccc(C#N)cc1)C(=O)CN2. The van der Waals surface area contributed by atoms with E-state index in [2.05, 4.69) is 11.4 Å². The zero-order valence-corrected chi connectivity index (χ0v) is 13.5. The Bertz CT molecular complexity index is 809. The van der Waals surface area contributed by atoms with E-state index in [9.17, 15) is 4.79 Å². The second-order valence-electron chi connectivity index (χ2n) is 5.37. The maximum Gasteiger partial charge on any atom is 0.246 e. The van der Waals surface area contributed by atoms with Gasteiger partial charge in [0.25, 0.3) is 0 Å². The number of benzene rings is 2. The molecule has 122 valence electrons. The van der Waals surface area contributed by atoms with Crippen molar-refractivity contribution in [2.45, 2.75) is 6.54 Å². The quantitative estimate of drug-likeness (QED) is 0.936. The number of carbonyl (C=O) groups excluding carboxylic acids is 1. The van der Waals surface area contributed by atoms with Gasteiger partial charge in [0, 0.05) is 12.1 Å². The molecule has 1 heterocycles. The van der Waals surface area contributed by atoms with E-state index >= 15 is 0 Å². The highest BCUT2D eigenvalue weighted by Crippen LogP contribution is 2.40. The van der Waals surface area contributed by atoms with E-state index in [0.717, 1.165) is 16.9 Å². The van der Waals surface area contributed by atoms with E-state index in [4.69, 9.17) is 14.7 Å². The molecule has 6 heteroatoms. The smallest absolute Gasteiger partial charge is 0.246 e. The third kappa shape index (κ3) is 2.84. The number of nitrogens with zero attached hydrogens (tertiary/aromatic N) is 2. The average Bonchev–Trinajstić information content (AvgIpc) is 2.63. The molecule has 1 N–H and O–H groups in total. The van der Waals surface area contributed by atoms with Gasteiger partial charge in [0.1, 0.15) is 0 Å². The van der Waals surface area contributed by atoms with Crippen LogP contribution in [0.15, 0.2) is 36.4 Å². The molecule has 0 saturated heterocycles. The average molecular weight is 323 g/mol. The van der Waals surface area contributed by atoms with Crippen LogP contribution >= 0.6 is 0 Å². The first-order valence-electron chi connectivity index (χ1n) is 7.45. The van der Waals surface area contributed by atoms with Crippen LogP contribution in [0.4, 0.5) is 11.4 Å². The Kier molecular flexibility index (Phi) is 4.25. The summed E-state index contributed by atoms with van der Waals surface area (Å²) in [5.41, 5.74) is 3.11. The van der Waals surface area contributed by atoms with E-state index in [0.29, 0.717) is 23.6 Å². The Hall–Kier alpha value is -3.20. The Labute approximate surface area is 140 Å². The zero-order chi connectivity index (χ0) is 17.1. The zero-order valence-electron chi connectivity index (χ0n) is 13.5. The molecule has 0 aromatic heterocycles. The van der Waals surface area contributed by atoms with Crippen LogP contribution in [0.1, 0.15) is 11.1 Å². The number of methoxy groups -OCH3 is 2. The lowest BCUT2D eigenvalue weighted by Gasteiger charge is -2.31. The molecule has 0 radical (unpaired) electrons. The summed E-state index contributed by atoms with van der Waals surface area (Å²) < 4.78 is 10.6. The highest BCUT2D eigenvalue weighted by molar-refractivity contribution is 6.03. The van der Waals surface area contributed by atoms with Gasteiger partial charge in [0.15, 0.2) is 11.5 Å². The first kappa shape index (κ1) is 15.7. The number of amides is 1. The molecular weight excluding hydrogens is 306 g/mol. The van der Waals surface area contributed by atoms with Crippen molar-refractivity contribution in [2.75, 3.05) is 31.0 Å². The molecule has 3 rings (SSSR count). The Balaban J connectivity index is 1.96. The number of hydrogen-bond acceptors (Lipinski definition) is 5. The van der Waals surface area contributed by atoms with Gasteiger partial charge in [-0.1, -0.05) is 12.1 Å². The van der Waals surface area contributed by atoms with Crippen molar-refractivity contribution >= 4 is 17.3 Å². The van der Waals surface area contributed by atoms with Gasteiger partial charge >= 0.3 is 0 Å². The van der Waals surface area contributed by atoms with Crippen molar-refractivity contribution in [1.82, 2.24) is 0 Å². The maximum atomic E-state index is 12.4. The van der Waals surface area contributed by atoms with Crippen LogP contribution in [0.3, 0.4) is 0 Å². The third-order valence-electron chi connectivity index (χ3n) is 3.95. The summed E-state index contributed by atoms with van der Waals surface area (Å²) in [6.45, 7) is 0.646. The van der Waals surface area contributed by atoms with Crippen molar-refractivity contribution < 1.29 is 14.3 Å². The van der Waals surface area contributed by atoms with E-state index in [-0.39, 0.29) is 12.5 Å². The van der Waals surface area contributed by atoms with Gasteiger partial charge in [0.2, 0.25) is 5.91 Å². The van der Waals surface area contributed by atoms with Crippen molar-refractivity contribution in [3.05, 3.63) is 47.5 Å². The summed E-state index contributed by atoms with van der Waals surface area (Å²) in [4.78, 5) is 14.1. The van der Waals surface area contributed by atoms with Crippen LogP contribution < -0.4 is 19.7 Å². The molecule has 0 atom stereocenters. The molecule has 0 spiro atoms. The van der Waals surface area contributed by atoms with Gasteiger partial charge in [0.05, 0.1) is 50.3 Å². The fourth-order valence-electron chi connectivity index (χ4n) is 2.67. The van der Waals surface area contributed by atoms with Gasteiger partial charge in [-0.2, -0.15) is 5.26 Å². The molecule has 0 fully saturated rings. The number of rotatable bonds is 4. The number of hydrogen-bond donors (Lipinski definition) is 1. The highest BCUT2D eigenvalue weighted by atomic mass is 16.5. The van der Waals surface area contributed by atoms with Crippen LogP contribution in [-0.4, -0.2) is 26.7 Å². The Morgan fingerprint density at radius 1 is 1.17 bits per heavy atom. The predicted octanol–water partition coefficient (Wildman–Crippen LogP) is 2.53. The van der Waals surface area contributed by atoms with E-state index in [1.807, 2.05) is 18.2 Å². The maximum absolute atomic E-state index is 12.4. The molecule has 2 aromatic rings. The van der Waals surface area contributed by atoms with Crippen LogP contribution in [0.2, 0.25) is 0 Å². The van der Waals surface area contributed by atoms with Crippen molar-refractivity contribution in [3.63, 3.8) is 0 Å². The van der Waals surface area contributed by atoms with Gasteiger partial charge < -0.3 is 19.7 Å². The Morgan fingerprint density at radius 3 is 2.46 bits per heavy atom. The number of anilines is 2. The lowest BCUT2D eigenvalue weighted by molar-refractivity contribution is -0.117. The highest BCUT2D eigenvalue weighted by Gasteiger charge is 2.26. The summed E-state index contributed by atoms with van der Waals surface area (Å²) in [6, 6.07) is 12.9. The van der Waals surface area contributed by atoms with E-state index < -0.39 is 0 Å². The summed E-state index contributed by atoms with van der Waals surface area (Å²) >= 11 is 0. The molecule has 6 nitrogen and oxygen atoms in total. The van der Waals surface area contributed by atoms with Crippen LogP contribution in [0.5, 0.6) is 11.5 Å². The summed E-state index contributed by atoms with van der Waals surface area (Å²) in [5.74, 6) is 1.15. The first-order valence-corrected chi connectivity index (χ1v) is 7.45. The second-order valence-corrected chi connectivity index (χ2v) is 5.37. The lowest BCUT2D eigenvalue weighted by atomic mass is 10.1. The molecule has 1 aliphatic rings. The molecular formula is C18H17N3O3. The van der Waals surface area contributed by atoms with Crippen molar-refractivity contribution in [3.8, 4) is 17.6 Å². The molecule has 1 aliphatic heterocycles. The summed E-state index contributed by atoms with van der Waals surface area (Å²) in [6.07, 6.45) is 0. The predicted molar refractivity (Wildman–Crippen MR) is 90.4 cm³/mol. The van der Waals surface area contributed by atoms with Crippen molar-refractivity contribution in [2.24, 2.45) is 0 Å². The largest absolute Gasteiger partial charge is 0.493 e. The molecule has 0 aliphatic carbocycles. The summed E-state index contributed by atoms with van der Waals surface area (Å²) in [7, 11) is 3.14. The molecule has 0 unspecified atom stereocenters. The van der Waals surface area contributed by atoms with Gasteiger partial charge in [-0.15, -0.1) is 0 Å². The summed E-state index contributed by atoms with van der Waals surface area (Å²) in [5, 5.41) is 12.0. The number of fused-ring (bicyclic) bond motifs is 1. The minimum absolute atomic E-state index is 0.0286. The lowest BCUT2D eigenvalue weighted by Crippen LogP contribution is -2.39. The van der Waals surface area contributed by atoms with Crippen molar-refractivity contribution in [1.29, 1.82) is 5.26 Å². The minimum Gasteiger partial charge on any atom is -0.493 e. The third-order valence-corrected chi connectivity index (χ3v) is 3.95. The first-order chi connectivity index (χ1) is 11.7.